The van der Waals surface area contributed by atoms with Gasteiger partial charge in [0.2, 0.25) is 0 Å². The van der Waals surface area contributed by atoms with Crippen LogP contribution < -0.4 is 5.32 Å². The minimum atomic E-state index is -0.0349. The molecule has 2 nitrogen and oxygen atoms in total. The van der Waals surface area contributed by atoms with Crippen LogP contribution in [0.15, 0.2) is 12.3 Å². The van der Waals surface area contributed by atoms with Gasteiger partial charge in [-0.2, -0.15) is 11.8 Å². The number of allylic oxidation sites excluding steroid dienone is 1. The van der Waals surface area contributed by atoms with Crippen molar-refractivity contribution in [3.63, 3.8) is 0 Å². The van der Waals surface area contributed by atoms with Crippen molar-refractivity contribution < 1.29 is 4.79 Å². The maximum atomic E-state index is 12.1. The van der Waals surface area contributed by atoms with Crippen molar-refractivity contribution in [3.05, 3.63) is 12.3 Å². The monoisotopic (exact) mass is 241 g/mol. The van der Waals surface area contributed by atoms with E-state index < -0.39 is 0 Å². The van der Waals surface area contributed by atoms with Gasteiger partial charge in [0.15, 0.2) is 5.78 Å². The van der Waals surface area contributed by atoms with Gasteiger partial charge in [-0.15, -0.1) is 0 Å². The van der Waals surface area contributed by atoms with E-state index in [-0.39, 0.29) is 27.9 Å². The maximum absolute atomic E-state index is 12.1. The molecule has 0 saturated carbocycles. The third kappa shape index (κ3) is 2.62. The van der Waals surface area contributed by atoms with Crippen LogP contribution in [0.2, 0.25) is 0 Å². The van der Waals surface area contributed by atoms with Crippen LogP contribution in [-0.4, -0.2) is 22.8 Å². The Hall–Kier alpha value is -0.440. The van der Waals surface area contributed by atoms with Gasteiger partial charge in [0, 0.05) is 17.0 Å². The van der Waals surface area contributed by atoms with Gasteiger partial charge >= 0.3 is 0 Å². The molecule has 1 aliphatic heterocycles. The summed E-state index contributed by atoms with van der Waals surface area (Å²) in [6.07, 6.45) is 5.54. The molecule has 92 valence electrons. The molecule has 1 heterocycles. The first-order valence-corrected chi connectivity index (χ1v) is 6.94. The zero-order chi connectivity index (χ0) is 12.6. The molecule has 1 rings (SSSR count). The lowest BCUT2D eigenvalue weighted by Crippen LogP contribution is -2.55. The van der Waals surface area contributed by atoms with Gasteiger partial charge in [0.05, 0.1) is 5.92 Å². The Morgan fingerprint density at radius 2 is 1.81 bits per heavy atom. The van der Waals surface area contributed by atoms with E-state index in [2.05, 4.69) is 46.2 Å². The van der Waals surface area contributed by atoms with E-state index in [1.54, 1.807) is 24.0 Å². The summed E-state index contributed by atoms with van der Waals surface area (Å²) in [6, 6.07) is 0.201. The van der Waals surface area contributed by atoms with Crippen LogP contribution in [-0.2, 0) is 4.79 Å². The highest BCUT2D eigenvalue weighted by Crippen LogP contribution is 2.40. The molecule has 0 radical (unpaired) electrons. The molecule has 0 spiro atoms. The molecule has 2 unspecified atom stereocenters. The molecule has 0 aromatic heterocycles. The smallest absolute Gasteiger partial charge is 0.163 e. The van der Waals surface area contributed by atoms with Gasteiger partial charge < -0.3 is 5.32 Å². The maximum Gasteiger partial charge on any atom is 0.163 e. The van der Waals surface area contributed by atoms with Crippen molar-refractivity contribution in [2.24, 2.45) is 11.3 Å². The van der Waals surface area contributed by atoms with Gasteiger partial charge in [-0.05, 0) is 31.6 Å². The van der Waals surface area contributed by atoms with E-state index in [0.29, 0.717) is 0 Å². The van der Waals surface area contributed by atoms with Crippen LogP contribution in [0.3, 0.4) is 0 Å². The van der Waals surface area contributed by atoms with Gasteiger partial charge in [-0.25, -0.2) is 0 Å². The van der Waals surface area contributed by atoms with Crippen molar-refractivity contribution in [1.29, 1.82) is 0 Å². The largest absolute Gasteiger partial charge is 0.387 e. The van der Waals surface area contributed by atoms with E-state index in [1.807, 2.05) is 0 Å². The molecule has 0 fully saturated rings. The number of rotatable bonds is 2. The van der Waals surface area contributed by atoms with Crippen molar-refractivity contribution in [2.75, 3.05) is 6.26 Å². The average molecular weight is 241 g/mol. The lowest BCUT2D eigenvalue weighted by molar-refractivity contribution is -0.121. The summed E-state index contributed by atoms with van der Waals surface area (Å²) < 4.78 is -0.0349. The van der Waals surface area contributed by atoms with Gasteiger partial charge in [0.25, 0.3) is 0 Å². The molecule has 2 atom stereocenters. The molecule has 1 aliphatic rings. The van der Waals surface area contributed by atoms with Gasteiger partial charge in [-0.1, -0.05) is 20.8 Å². The standard InChI is InChI=1S/C13H23NOS/c1-12(2,3)11-10(13(4,5)16-6)9(15)7-8-14-11/h7-8,10-11,14H,1-6H3. The Balaban J connectivity index is 3.09. The van der Waals surface area contributed by atoms with Crippen LogP contribution in [0, 0.1) is 11.3 Å². The summed E-state index contributed by atoms with van der Waals surface area (Å²) >= 11 is 1.76. The lowest BCUT2D eigenvalue weighted by Gasteiger charge is -2.44. The molecule has 1 N–H and O–H groups in total. The number of hydrogen-bond donors (Lipinski definition) is 1. The third-order valence-electron chi connectivity index (χ3n) is 3.37. The minimum Gasteiger partial charge on any atom is -0.387 e. The fraction of sp³-hybridized carbons (Fsp3) is 0.769. The molecular formula is C13H23NOS. The number of carbonyl (C=O) groups excluding carboxylic acids is 1. The zero-order valence-electron chi connectivity index (χ0n) is 11.1. The molecule has 16 heavy (non-hydrogen) atoms. The normalized spacial score (nSPS) is 26.8. The predicted molar refractivity (Wildman–Crippen MR) is 71.6 cm³/mol. The number of nitrogens with one attached hydrogen (secondary N) is 1. The third-order valence-corrected chi connectivity index (χ3v) is 4.68. The Labute approximate surface area is 103 Å². The summed E-state index contributed by atoms with van der Waals surface area (Å²) in [5, 5.41) is 3.37. The van der Waals surface area contributed by atoms with E-state index >= 15 is 0 Å². The van der Waals surface area contributed by atoms with Crippen molar-refractivity contribution in [3.8, 4) is 0 Å². The van der Waals surface area contributed by atoms with Crippen LogP contribution in [0.1, 0.15) is 34.6 Å². The Morgan fingerprint density at radius 1 is 1.25 bits per heavy atom. The highest BCUT2D eigenvalue weighted by atomic mass is 32.2. The van der Waals surface area contributed by atoms with Gasteiger partial charge in [0.1, 0.15) is 0 Å². The quantitative estimate of drug-likeness (QED) is 0.806. The number of hydrogen-bond acceptors (Lipinski definition) is 3. The number of ketones is 1. The van der Waals surface area contributed by atoms with E-state index in [0.717, 1.165) is 0 Å². The topological polar surface area (TPSA) is 29.1 Å². The minimum absolute atomic E-state index is 0.0347. The summed E-state index contributed by atoms with van der Waals surface area (Å²) in [7, 11) is 0. The number of thioether (sulfide) groups is 1. The molecule has 0 bridgehead atoms. The first kappa shape index (κ1) is 13.6. The summed E-state index contributed by atoms with van der Waals surface area (Å²) in [5.74, 6) is 0.283. The van der Waals surface area contributed by atoms with Crippen LogP contribution in [0.4, 0.5) is 0 Å². The molecule has 0 aliphatic carbocycles. The van der Waals surface area contributed by atoms with E-state index in [9.17, 15) is 4.79 Å². The molecule has 0 aromatic carbocycles. The van der Waals surface area contributed by atoms with Crippen molar-refractivity contribution in [1.82, 2.24) is 5.32 Å². The zero-order valence-corrected chi connectivity index (χ0v) is 11.9. The molecule has 0 saturated heterocycles. The highest BCUT2D eigenvalue weighted by molar-refractivity contribution is 8.00. The average Bonchev–Trinajstić information content (AvgIpc) is 2.15. The second-order valence-electron chi connectivity index (χ2n) is 6.03. The van der Waals surface area contributed by atoms with E-state index in [1.165, 1.54) is 0 Å². The Morgan fingerprint density at radius 3 is 2.25 bits per heavy atom. The van der Waals surface area contributed by atoms with Crippen LogP contribution in [0.5, 0.6) is 0 Å². The Bertz CT molecular complexity index is 302. The van der Waals surface area contributed by atoms with Gasteiger partial charge in [-0.3, -0.25) is 4.79 Å². The summed E-state index contributed by atoms with van der Waals surface area (Å²) in [6.45, 7) is 10.8. The van der Waals surface area contributed by atoms with Crippen molar-refractivity contribution in [2.45, 2.75) is 45.4 Å². The fourth-order valence-corrected chi connectivity index (χ4v) is 2.73. The highest BCUT2D eigenvalue weighted by Gasteiger charge is 2.45. The molecule has 0 aromatic rings. The molecular weight excluding hydrogens is 218 g/mol. The van der Waals surface area contributed by atoms with E-state index in [4.69, 9.17) is 0 Å². The lowest BCUT2D eigenvalue weighted by atomic mass is 9.71. The first-order chi connectivity index (χ1) is 7.20. The summed E-state index contributed by atoms with van der Waals surface area (Å²) in [4.78, 5) is 12.1. The van der Waals surface area contributed by atoms with Crippen molar-refractivity contribution >= 4 is 17.5 Å². The molecule has 3 heteroatoms. The predicted octanol–water partition coefficient (Wildman–Crippen LogP) is 2.84. The summed E-state index contributed by atoms with van der Waals surface area (Å²) in [5.41, 5.74) is 0.0814. The first-order valence-electron chi connectivity index (χ1n) is 5.72. The van der Waals surface area contributed by atoms with Crippen LogP contribution in [0.25, 0.3) is 0 Å². The second kappa shape index (κ2) is 4.44. The Kier molecular flexibility index (Phi) is 3.78. The molecule has 0 amide bonds. The second-order valence-corrected chi connectivity index (χ2v) is 7.49. The van der Waals surface area contributed by atoms with Crippen LogP contribution >= 0.6 is 11.8 Å². The number of carbonyl (C=O) groups is 1. The SMILES string of the molecule is CSC(C)(C)C1C(=O)C=CNC1C(C)(C)C. The fourth-order valence-electron chi connectivity index (χ4n) is 2.22.